The quantitative estimate of drug-likeness (QED) is 0.190. The van der Waals surface area contributed by atoms with Gasteiger partial charge in [0.25, 0.3) is 0 Å². The molecule has 0 radical (unpaired) electrons. The number of hydrogen-bond donors (Lipinski definition) is 0. The molecule has 9 aromatic rings. The molecular formula is C47H31NO. The average molecular weight is 626 g/mol. The van der Waals surface area contributed by atoms with Gasteiger partial charge in [-0.25, -0.2) is 0 Å². The summed E-state index contributed by atoms with van der Waals surface area (Å²) in [7, 11) is 0. The number of para-hydroxylation sites is 3. The predicted molar refractivity (Wildman–Crippen MR) is 202 cm³/mol. The lowest BCUT2D eigenvalue weighted by molar-refractivity contribution is 0.434. The van der Waals surface area contributed by atoms with E-state index in [1.54, 1.807) is 0 Å². The van der Waals surface area contributed by atoms with Gasteiger partial charge >= 0.3 is 0 Å². The highest BCUT2D eigenvalue weighted by Gasteiger charge is 2.45. The Hall–Kier alpha value is -6.38. The molecule has 1 aromatic heterocycles. The lowest BCUT2D eigenvalue weighted by atomic mass is 9.63. The second kappa shape index (κ2) is 10.8. The third-order valence-corrected chi connectivity index (χ3v) is 10.3. The zero-order valence-corrected chi connectivity index (χ0v) is 26.8. The highest BCUT2D eigenvalue weighted by molar-refractivity contribution is 6.21. The maximum Gasteiger partial charge on any atom is 0.132 e. The summed E-state index contributed by atoms with van der Waals surface area (Å²) < 4.78 is 9.21. The minimum absolute atomic E-state index is 0.584. The van der Waals surface area contributed by atoms with E-state index in [4.69, 9.17) is 4.74 Å². The lowest BCUT2D eigenvalue weighted by Gasteiger charge is -2.41. The van der Waals surface area contributed by atoms with Gasteiger partial charge in [-0.2, -0.15) is 0 Å². The Balaban J connectivity index is 1.32. The predicted octanol–water partition coefficient (Wildman–Crippen LogP) is 12.1. The van der Waals surface area contributed by atoms with Crippen LogP contribution in [0.5, 0.6) is 11.5 Å². The van der Waals surface area contributed by atoms with Crippen LogP contribution < -0.4 is 4.74 Å². The molecule has 0 unspecified atom stereocenters. The molecule has 0 bridgehead atoms. The summed E-state index contributed by atoms with van der Waals surface area (Å²) in [5, 5.41) is 4.96. The third-order valence-electron chi connectivity index (χ3n) is 10.3. The molecule has 0 fully saturated rings. The summed E-state index contributed by atoms with van der Waals surface area (Å²) in [5.41, 5.74) is 9.99. The van der Waals surface area contributed by atoms with Gasteiger partial charge in [0.2, 0.25) is 0 Å². The van der Waals surface area contributed by atoms with Crippen LogP contribution >= 0.6 is 0 Å². The molecule has 0 N–H and O–H groups in total. The molecule has 0 atom stereocenters. The molecule has 230 valence electrons. The molecule has 10 rings (SSSR count). The molecule has 1 aliphatic heterocycles. The second-order valence-electron chi connectivity index (χ2n) is 12.8. The summed E-state index contributed by atoms with van der Waals surface area (Å²) in [6.45, 7) is 0. The number of ether oxygens (including phenoxy) is 1. The molecule has 0 saturated heterocycles. The fourth-order valence-electron chi connectivity index (χ4n) is 8.27. The first kappa shape index (κ1) is 27.7. The Bertz CT molecular complexity index is 2630. The molecular weight excluding hydrogens is 595 g/mol. The Kier molecular flexibility index (Phi) is 6.13. The zero-order chi connectivity index (χ0) is 32.4. The first-order chi connectivity index (χ1) is 24.3. The van der Waals surface area contributed by atoms with Crippen molar-refractivity contribution in [3.8, 4) is 28.3 Å². The van der Waals surface area contributed by atoms with E-state index in [1.165, 1.54) is 49.3 Å². The molecule has 49 heavy (non-hydrogen) atoms. The van der Waals surface area contributed by atoms with E-state index < -0.39 is 5.41 Å². The third kappa shape index (κ3) is 4.01. The number of rotatable bonds is 4. The highest BCUT2D eigenvalue weighted by atomic mass is 16.5. The number of nitrogens with zero attached hydrogens (tertiary/aromatic N) is 1. The van der Waals surface area contributed by atoms with Crippen molar-refractivity contribution in [1.29, 1.82) is 0 Å². The number of benzene rings is 8. The van der Waals surface area contributed by atoms with Crippen molar-refractivity contribution in [2.45, 2.75) is 5.41 Å². The Morgan fingerprint density at radius 1 is 0.408 bits per heavy atom. The van der Waals surface area contributed by atoms with Gasteiger partial charge in [-0.15, -0.1) is 0 Å². The Labute approximate surface area is 285 Å². The van der Waals surface area contributed by atoms with Crippen LogP contribution in [-0.2, 0) is 5.41 Å². The molecule has 0 saturated carbocycles. The molecule has 8 aromatic carbocycles. The summed E-state index contributed by atoms with van der Waals surface area (Å²) in [6.07, 6.45) is 0. The van der Waals surface area contributed by atoms with E-state index in [2.05, 4.69) is 193 Å². The summed E-state index contributed by atoms with van der Waals surface area (Å²) in [6, 6.07) is 67.8. The van der Waals surface area contributed by atoms with Crippen molar-refractivity contribution >= 4 is 32.6 Å². The molecule has 0 aliphatic carbocycles. The van der Waals surface area contributed by atoms with Crippen molar-refractivity contribution in [2.75, 3.05) is 0 Å². The maximum absolute atomic E-state index is 6.74. The smallest absolute Gasteiger partial charge is 0.132 e. The van der Waals surface area contributed by atoms with Crippen molar-refractivity contribution in [3.05, 3.63) is 210 Å². The molecule has 2 heterocycles. The topological polar surface area (TPSA) is 14.2 Å². The lowest BCUT2D eigenvalue weighted by Crippen LogP contribution is -2.34. The first-order valence-corrected chi connectivity index (χ1v) is 16.9. The first-order valence-electron chi connectivity index (χ1n) is 16.9. The minimum Gasteiger partial charge on any atom is -0.457 e. The maximum atomic E-state index is 6.74. The largest absolute Gasteiger partial charge is 0.457 e. The van der Waals surface area contributed by atoms with Crippen molar-refractivity contribution in [2.24, 2.45) is 0 Å². The van der Waals surface area contributed by atoms with Gasteiger partial charge in [-0.05, 0) is 52.4 Å². The van der Waals surface area contributed by atoms with E-state index in [0.29, 0.717) is 0 Å². The van der Waals surface area contributed by atoms with Crippen LogP contribution in [-0.4, -0.2) is 4.57 Å². The van der Waals surface area contributed by atoms with Crippen molar-refractivity contribution in [1.82, 2.24) is 4.57 Å². The SMILES string of the molecule is c1ccc(-n2c3c(-c4ccc5c(c4)C(c4ccccc4)(c4ccccc4)c4ccccc4O5)cccc3c3ccc4ccccc4c32)cc1. The van der Waals surface area contributed by atoms with Gasteiger partial charge in [0.15, 0.2) is 0 Å². The Morgan fingerprint density at radius 3 is 1.80 bits per heavy atom. The van der Waals surface area contributed by atoms with Crippen LogP contribution in [0.3, 0.4) is 0 Å². The molecule has 0 amide bonds. The number of fused-ring (bicyclic) bond motifs is 7. The van der Waals surface area contributed by atoms with Crippen LogP contribution in [0, 0.1) is 0 Å². The fourth-order valence-corrected chi connectivity index (χ4v) is 8.27. The van der Waals surface area contributed by atoms with Crippen molar-refractivity contribution < 1.29 is 4.74 Å². The van der Waals surface area contributed by atoms with Crippen LogP contribution in [0.4, 0.5) is 0 Å². The molecule has 2 heteroatoms. The Morgan fingerprint density at radius 2 is 1.02 bits per heavy atom. The van der Waals surface area contributed by atoms with Gasteiger partial charge in [-0.1, -0.05) is 158 Å². The summed E-state index contributed by atoms with van der Waals surface area (Å²) in [4.78, 5) is 0. The molecule has 1 aliphatic rings. The van der Waals surface area contributed by atoms with Crippen LogP contribution in [0.25, 0.3) is 49.4 Å². The van der Waals surface area contributed by atoms with E-state index in [9.17, 15) is 0 Å². The van der Waals surface area contributed by atoms with Crippen LogP contribution in [0.1, 0.15) is 22.3 Å². The van der Waals surface area contributed by atoms with Crippen molar-refractivity contribution in [3.63, 3.8) is 0 Å². The van der Waals surface area contributed by atoms with Crippen LogP contribution in [0.2, 0.25) is 0 Å². The fraction of sp³-hybridized carbons (Fsp3) is 0.0213. The van der Waals surface area contributed by atoms with Gasteiger partial charge < -0.3 is 9.30 Å². The number of aromatic nitrogens is 1. The monoisotopic (exact) mass is 625 g/mol. The molecule has 0 spiro atoms. The van der Waals surface area contributed by atoms with E-state index in [-0.39, 0.29) is 0 Å². The molecule has 2 nitrogen and oxygen atoms in total. The van der Waals surface area contributed by atoms with Gasteiger partial charge in [-0.3, -0.25) is 0 Å². The van der Waals surface area contributed by atoms with E-state index in [0.717, 1.165) is 33.9 Å². The standard InChI is InChI=1S/C47H31NO/c1-4-16-34(17-5-1)47(35-18-6-2-7-19-35)41-25-12-13-26-43(41)49-44-30-28-33(31-42(44)47)38-23-14-24-39-40-29-27-32-15-10-11-22-37(32)45(40)48(46(38)39)36-20-8-3-9-21-36/h1-31H. The average Bonchev–Trinajstić information content (AvgIpc) is 3.53. The van der Waals surface area contributed by atoms with Gasteiger partial charge in [0.1, 0.15) is 11.5 Å². The normalized spacial score (nSPS) is 13.2. The van der Waals surface area contributed by atoms with Gasteiger partial charge in [0.05, 0.1) is 16.4 Å². The zero-order valence-electron chi connectivity index (χ0n) is 26.8. The minimum atomic E-state index is -0.584. The van der Waals surface area contributed by atoms with E-state index >= 15 is 0 Å². The highest BCUT2D eigenvalue weighted by Crippen LogP contribution is 2.56. The summed E-state index contributed by atoms with van der Waals surface area (Å²) >= 11 is 0. The second-order valence-corrected chi connectivity index (χ2v) is 12.8. The number of hydrogen-bond acceptors (Lipinski definition) is 1. The van der Waals surface area contributed by atoms with E-state index in [1.807, 2.05) is 0 Å². The van der Waals surface area contributed by atoms with Crippen LogP contribution in [0.15, 0.2) is 188 Å². The van der Waals surface area contributed by atoms with Gasteiger partial charge in [0, 0.05) is 38.5 Å². The summed E-state index contributed by atoms with van der Waals surface area (Å²) in [5.74, 6) is 1.76.